The smallest absolute Gasteiger partial charge is 0.229 e. The van der Waals surface area contributed by atoms with E-state index < -0.39 is 0 Å². The second-order valence-electron chi connectivity index (χ2n) is 6.33. The summed E-state index contributed by atoms with van der Waals surface area (Å²) in [5.41, 5.74) is 7.12. The Labute approximate surface area is 123 Å². The van der Waals surface area contributed by atoms with Crippen LogP contribution in [0.5, 0.6) is 0 Å². The SMILES string of the molecule is NC1C2CCC(C2)C1C(=O)Nc1cccc2cnccc12. The number of anilines is 1. The maximum atomic E-state index is 12.7. The molecule has 4 atom stereocenters. The van der Waals surface area contributed by atoms with E-state index in [-0.39, 0.29) is 17.9 Å². The van der Waals surface area contributed by atoms with Gasteiger partial charge in [-0.25, -0.2) is 0 Å². The van der Waals surface area contributed by atoms with Crippen molar-refractivity contribution in [1.29, 1.82) is 0 Å². The summed E-state index contributed by atoms with van der Waals surface area (Å²) in [5.74, 6) is 1.07. The number of pyridine rings is 1. The molecule has 2 aliphatic rings. The molecule has 0 radical (unpaired) electrons. The molecule has 0 spiro atoms. The number of carbonyl (C=O) groups is 1. The van der Waals surface area contributed by atoms with Crippen molar-refractivity contribution in [2.75, 3.05) is 5.32 Å². The average Bonchev–Trinajstić information content (AvgIpc) is 3.08. The third-order valence-electron chi connectivity index (χ3n) is 5.22. The second kappa shape index (κ2) is 4.81. The normalized spacial score (nSPS) is 30.7. The first-order chi connectivity index (χ1) is 10.2. The largest absolute Gasteiger partial charge is 0.327 e. The third-order valence-corrected chi connectivity index (χ3v) is 5.22. The van der Waals surface area contributed by atoms with Gasteiger partial charge in [-0.2, -0.15) is 0 Å². The molecule has 1 aromatic carbocycles. The molecule has 21 heavy (non-hydrogen) atoms. The molecular weight excluding hydrogens is 262 g/mol. The summed E-state index contributed by atoms with van der Waals surface area (Å²) in [6.45, 7) is 0. The molecule has 2 saturated carbocycles. The monoisotopic (exact) mass is 281 g/mol. The van der Waals surface area contributed by atoms with Gasteiger partial charge in [-0.15, -0.1) is 0 Å². The number of hydrogen-bond acceptors (Lipinski definition) is 3. The van der Waals surface area contributed by atoms with Gasteiger partial charge in [-0.1, -0.05) is 12.1 Å². The molecule has 4 nitrogen and oxygen atoms in total. The lowest BCUT2D eigenvalue weighted by atomic mass is 9.84. The van der Waals surface area contributed by atoms with E-state index in [1.807, 2.05) is 30.5 Å². The number of rotatable bonds is 2. The first-order valence-corrected chi connectivity index (χ1v) is 7.63. The Morgan fingerprint density at radius 1 is 1.24 bits per heavy atom. The third kappa shape index (κ3) is 2.02. The van der Waals surface area contributed by atoms with Crippen LogP contribution in [0.2, 0.25) is 0 Å². The van der Waals surface area contributed by atoms with Gasteiger partial charge in [0.2, 0.25) is 5.91 Å². The van der Waals surface area contributed by atoms with E-state index in [1.165, 1.54) is 6.42 Å². The van der Waals surface area contributed by atoms with Crippen LogP contribution < -0.4 is 11.1 Å². The fourth-order valence-corrected chi connectivity index (χ4v) is 4.17. The number of hydrogen-bond donors (Lipinski definition) is 2. The van der Waals surface area contributed by atoms with E-state index in [0.29, 0.717) is 11.8 Å². The highest BCUT2D eigenvalue weighted by molar-refractivity contribution is 6.02. The summed E-state index contributed by atoms with van der Waals surface area (Å²) in [7, 11) is 0. The lowest BCUT2D eigenvalue weighted by molar-refractivity contribution is -0.121. The second-order valence-corrected chi connectivity index (χ2v) is 6.33. The number of nitrogens with zero attached hydrogens (tertiary/aromatic N) is 1. The lowest BCUT2D eigenvalue weighted by Crippen LogP contribution is -2.42. The maximum absolute atomic E-state index is 12.7. The maximum Gasteiger partial charge on any atom is 0.229 e. The van der Waals surface area contributed by atoms with Crippen LogP contribution in [0, 0.1) is 17.8 Å². The molecule has 0 aliphatic heterocycles. The van der Waals surface area contributed by atoms with Gasteiger partial charge in [-0.05, 0) is 43.2 Å². The predicted octanol–water partition coefficient (Wildman–Crippen LogP) is 2.55. The molecule has 0 saturated heterocycles. The van der Waals surface area contributed by atoms with Gasteiger partial charge in [0.25, 0.3) is 0 Å². The van der Waals surface area contributed by atoms with Gasteiger partial charge in [-0.3, -0.25) is 9.78 Å². The van der Waals surface area contributed by atoms with Crippen molar-refractivity contribution in [3.05, 3.63) is 36.7 Å². The van der Waals surface area contributed by atoms with Crippen LogP contribution in [0.15, 0.2) is 36.7 Å². The number of fused-ring (bicyclic) bond motifs is 3. The van der Waals surface area contributed by atoms with Crippen LogP contribution in [0.4, 0.5) is 5.69 Å². The van der Waals surface area contributed by atoms with Crippen LogP contribution in [0.1, 0.15) is 19.3 Å². The van der Waals surface area contributed by atoms with E-state index in [1.54, 1.807) is 6.20 Å². The minimum atomic E-state index is -0.0270. The highest BCUT2D eigenvalue weighted by Crippen LogP contribution is 2.48. The van der Waals surface area contributed by atoms with E-state index in [0.717, 1.165) is 29.3 Å². The van der Waals surface area contributed by atoms with Crippen molar-refractivity contribution in [1.82, 2.24) is 4.98 Å². The minimum Gasteiger partial charge on any atom is -0.327 e. The van der Waals surface area contributed by atoms with E-state index in [9.17, 15) is 4.79 Å². The molecule has 2 aliphatic carbocycles. The van der Waals surface area contributed by atoms with Crippen molar-refractivity contribution in [2.24, 2.45) is 23.5 Å². The summed E-state index contributed by atoms with van der Waals surface area (Å²) in [6.07, 6.45) is 7.03. The van der Waals surface area contributed by atoms with Crippen LogP contribution in [0.3, 0.4) is 0 Å². The molecular formula is C17H19N3O. The van der Waals surface area contributed by atoms with Gasteiger partial charge in [0.05, 0.1) is 5.92 Å². The Kier molecular flexibility index (Phi) is 2.93. The van der Waals surface area contributed by atoms with Crippen LogP contribution in [-0.4, -0.2) is 16.9 Å². The Bertz CT molecular complexity index is 692. The van der Waals surface area contributed by atoms with Crippen LogP contribution >= 0.6 is 0 Å². The zero-order chi connectivity index (χ0) is 14.4. The minimum absolute atomic E-state index is 0.0270. The van der Waals surface area contributed by atoms with Gasteiger partial charge in [0.1, 0.15) is 0 Å². The molecule has 4 heteroatoms. The molecule has 108 valence electrons. The van der Waals surface area contributed by atoms with Gasteiger partial charge in [0.15, 0.2) is 0 Å². The summed E-state index contributed by atoms with van der Waals surface area (Å²) in [4.78, 5) is 16.8. The quantitative estimate of drug-likeness (QED) is 0.889. The lowest BCUT2D eigenvalue weighted by Gasteiger charge is -2.27. The van der Waals surface area contributed by atoms with Gasteiger partial charge < -0.3 is 11.1 Å². The predicted molar refractivity (Wildman–Crippen MR) is 82.7 cm³/mol. The average molecular weight is 281 g/mol. The van der Waals surface area contributed by atoms with Gasteiger partial charge in [0, 0.05) is 34.9 Å². The van der Waals surface area contributed by atoms with E-state index >= 15 is 0 Å². The van der Waals surface area contributed by atoms with Crippen molar-refractivity contribution in [3.63, 3.8) is 0 Å². The van der Waals surface area contributed by atoms with Crippen molar-refractivity contribution < 1.29 is 4.79 Å². The first kappa shape index (κ1) is 12.8. The molecule has 1 aromatic heterocycles. The Morgan fingerprint density at radius 2 is 2.10 bits per heavy atom. The topological polar surface area (TPSA) is 68.0 Å². The highest BCUT2D eigenvalue weighted by atomic mass is 16.2. The molecule has 1 amide bonds. The Balaban J connectivity index is 1.62. The molecule has 2 fully saturated rings. The van der Waals surface area contributed by atoms with Crippen molar-refractivity contribution >= 4 is 22.4 Å². The van der Waals surface area contributed by atoms with Crippen molar-refractivity contribution in [3.8, 4) is 0 Å². The number of benzene rings is 1. The molecule has 1 heterocycles. The van der Waals surface area contributed by atoms with Crippen LogP contribution in [0.25, 0.3) is 10.8 Å². The fraction of sp³-hybridized carbons (Fsp3) is 0.412. The molecule has 2 aromatic rings. The van der Waals surface area contributed by atoms with Crippen molar-refractivity contribution in [2.45, 2.75) is 25.3 Å². The number of aromatic nitrogens is 1. The molecule has 4 rings (SSSR count). The number of amides is 1. The van der Waals surface area contributed by atoms with E-state index in [2.05, 4.69) is 10.3 Å². The van der Waals surface area contributed by atoms with Crippen LogP contribution in [-0.2, 0) is 4.79 Å². The van der Waals surface area contributed by atoms with Gasteiger partial charge >= 0.3 is 0 Å². The highest BCUT2D eigenvalue weighted by Gasteiger charge is 2.49. The molecule has 2 bridgehead atoms. The number of carbonyl (C=O) groups excluding carboxylic acids is 1. The summed E-state index contributed by atoms with van der Waals surface area (Å²) >= 11 is 0. The first-order valence-electron chi connectivity index (χ1n) is 7.63. The van der Waals surface area contributed by atoms with E-state index in [4.69, 9.17) is 5.73 Å². The fourth-order valence-electron chi connectivity index (χ4n) is 4.17. The molecule has 3 N–H and O–H groups in total. The standard InChI is InChI=1S/C17H19N3O/c18-16-11-5-4-10(8-11)15(16)17(21)20-14-3-1-2-12-9-19-7-6-13(12)14/h1-3,6-7,9-11,15-16H,4-5,8,18H2,(H,20,21). The summed E-state index contributed by atoms with van der Waals surface area (Å²) in [6, 6.07) is 7.85. The zero-order valence-electron chi connectivity index (χ0n) is 11.8. The number of nitrogens with two attached hydrogens (primary N) is 1. The zero-order valence-corrected chi connectivity index (χ0v) is 11.8. The Morgan fingerprint density at radius 3 is 2.90 bits per heavy atom. The molecule has 4 unspecified atom stereocenters. The number of nitrogens with one attached hydrogen (secondary N) is 1. The summed E-state index contributed by atoms with van der Waals surface area (Å²) in [5, 5.41) is 5.16. The summed E-state index contributed by atoms with van der Waals surface area (Å²) < 4.78 is 0. The Hall–Kier alpha value is -1.94.